The molecular formula is C13H27N3O2. The molecule has 1 heterocycles. The fraction of sp³-hybridized carbons (Fsp3) is 0.923. The molecule has 0 radical (unpaired) electrons. The van der Waals surface area contributed by atoms with Crippen LogP contribution < -0.4 is 5.73 Å². The van der Waals surface area contributed by atoms with Crippen molar-refractivity contribution in [3.63, 3.8) is 0 Å². The minimum absolute atomic E-state index is 0.218. The van der Waals surface area contributed by atoms with E-state index in [0.717, 1.165) is 32.6 Å². The molecule has 0 saturated carbocycles. The Kier molecular flexibility index (Phi) is 7.23. The molecule has 0 aromatic rings. The van der Waals surface area contributed by atoms with E-state index < -0.39 is 0 Å². The van der Waals surface area contributed by atoms with E-state index in [-0.39, 0.29) is 5.91 Å². The van der Waals surface area contributed by atoms with Crippen molar-refractivity contribution < 1.29 is 9.53 Å². The topological polar surface area (TPSA) is 58.8 Å². The van der Waals surface area contributed by atoms with Crippen LogP contribution in [0.25, 0.3) is 0 Å². The molecule has 0 bridgehead atoms. The van der Waals surface area contributed by atoms with E-state index in [1.807, 2.05) is 4.90 Å². The van der Waals surface area contributed by atoms with Crippen LogP contribution in [0.4, 0.5) is 0 Å². The molecule has 106 valence electrons. The van der Waals surface area contributed by atoms with Gasteiger partial charge in [0.25, 0.3) is 0 Å². The maximum absolute atomic E-state index is 12.2. The van der Waals surface area contributed by atoms with Crippen LogP contribution in [0.15, 0.2) is 0 Å². The van der Waals surface area contributed by atoms with Gasteiger partial charge in [-0.25, -0.2) is 0 Å². The summed E-state index contributed by atoms with van der Waals surface area (Å²) in [5.74, 6) is 0.788. The Morgan fingerprint density at radius 2 is 2.06 bits per heavy atom. The van der Waals surface area contributed by atoms with Crippen LogP contribution >= 0.6 is 0 Å². The summed E-state index contributed by atoms with van der Waals surface area (Å²) < 4.78 is 5.26. The van der Waals surface area contributed by atoms with E-state index in [1.165, 1.54) is 0 Å². The molecule has 1 fully saturated rings. The van der Waals surface area contributed by atoms with Crippen molar-refractivity contribution in [3.05, 3.63) is 0 Å². The average Bonchev–Trinajstić information content (AvgIpc) is 2.36. The molecule has 0 aromatic carbocycles. The highest BCUT2D eigenvalue weighted by Crippen LogP contribution is 2.03. The summed E-state index contributed by atoms with van der Waals surface area (Å²) in [5.41, 5.74) is 5.54. The average molecular weight is 257 g/mol. The van der Waals surface area contributed by atoms with E-state index in [4.69, 9.17) is 10.5 Å². The van der Waals surface area contributed by atoms with Gasteiger partial charge in [0.1, 0.15) is 0 Å². The van der Waals surface area contributed by atoms with Crippen molar-refractivity contribution in [2.24, 2.45) is 11.7 Å². The number of carbonyl (C=O) groups excluding carboxylic acids is 1. The largest absolute Gasteiger partial charge is 0.378 e. The summed E-state index contributed by atoms with van der Waals surface area (Å²) in [4.78, 5) is 16.3. The van der Waals surface area contributed by atoms with Gasteiger partial charge in [-0.05, 0) is 25.4 Å². The fourth-order valence-electron chi connectivity index (χ4n) is 2.17. The summed E-state index contributed by atoms with van der Waals surface area (Å²) in [5, 5.41) is 0. The first kappa shape index (κ1) is 15.4. The molecule has 0 atom stereocenters. The highest BCUT2D eigenvalue weighted by Gasteiger charge is 2.19. The van der Waals surface area contributed by atoms with Crippen LogP contribution in [0.2, 0.25) is 0 Å². The second kappa shape index (κ2) is 8.45. The van der Waals surface area contributed by atoms with Crippen molar-refractivity contribution in [3.8, 4) is 0 Å². The third-order valence-corrected chi connectivity index (χ3v) is 3.02. The molecule has 0 unspecified atom stereocenters. The molecule has 1 aliphatic heterocycles. The second-order valence-electron chi connectivity index (χ2n) is 5.26. The number of ether oxygens (including phenoxy) is 1. The van der Waals surface area contributed by atoms with Crippen molar-refractivity contribution >= 4 is 5.91 Å². The van der Waals surface area contributed by atoms with Gasteiger partial charge in [0.05, 0.1) is 19.8 Å². The van der Waals surface area contributed by atoms with Gasteiger partial charge in [-0.3, -0.25) is 9.69 Å². The minimum atomic E-state index is 0.218. The molecule has 2 N–H and O–H groups in total. The molecule has 5 heteroatoms. The smallest absolute Gasteiger partial charge is 0.236 e. The van der Waals surface area contributed by atoms with Gasteiger partial charge in [-0.15, -0.1) is 0 Å². The predicted octanol–water partition coefficient (Wildman–Crippen LogP) is 0.152. The fourth-order valence-corrected chi connectivity index (χ4v) is 2.17. The van der Waals surface area contributed by atoms with Crippen LogP contribution in [-0.4, -0.2) is 68.2 Å². The van der Waals surface area contributed by atoms with Gasteiger partial charge in [0, 0.05) is 19.6 Å². The molecule has 0 aliphatic carbocycles. The Hall–Kier alpha value is -0.650. The van der Waals surface area contributed by atoms with Gasteiger partial charge >= 0.3 is 0 Å². The van der Waals surface area contributed by atoms with Gasteiger partial charge in [-0.2, -0.15) is 0 Å². The number of nitrogens with two attached hydrogens (primary N) is 1. The molecule has 0 spiro atoms. The first-order valence-corrected chi connectivity index (χ1v) is 6.91. The van der Waals surface area contributed by atoms with Gasteiger partial charge < -0.3 is 15.4 Å². The Labute approximate surface area is 110 Å². The Morgan fingerprint density at radius 1 is 1.39 bits per heavy atom. The van der Waals surface area contributed by atoms with Crippen LogP contribution in [0, 0.1) is 5.92 Å². The monoisotopic (exact) mass is 257 g/mol. The Bertz CT molecular complexity index is 240. The van der Waals surface area contributed by atoms with Crippen LogP contribution in [0.3, 0.4) is 0 Å². The lowest BCUT2D eigenvalue weighted by Crippen LogP contribution is -2.46. The molecule has 1 amide bonds. The zero-order valence-electron chi connectivity index (χ0n) is 11.7. The number of rotatable bonds is 7. The molecule has 1 saturated heterocycles. The number of amides is 1. The molecule has 5 nitrogen and oxygen atoms in total. The third kappa shape index (κ3) is 5.80. The summed E-state index contributed by atoms with van der Waals surface area (Å²) in [7, 11) is 0. The van der Waals surface area contributed by atoms with E-state index in [9.17, 15) is 4.79 Å². The van der Waals surface area contributed by atoms with E-state index in [1.54, 1.807) is 0 Å². The van der Waals surface area contributed by atoms with Gasteiger partial charge in [0.15, 0.2) is 0 Å². The predicted molar refractivity (Wildman–Crippen MR) is 72.3 cm³/mol. The van der Waals surface area contributed by atoms with Crippen molar-refractivity contribution in [2.45, 2.75) is 20.3 Å². The number of carbonyl (C=O) groups is 1. The normalized spacial score (nSPS) is 16.6. The highest BCUT2D eigenvalue weighted by molar-refractivity contribution is 5.78. The number of hydrogen-bond donors (Lipinski definition) is 1. The summed E-state index contributed by atoms with van der Waals surface area (Å²) in [6.45, 7) is 10.2. The summed E-state index contributed by atoms with van der Waals surface area (Å²) in [6, 6.07) is 0. The lowest BCUT2D eigenvalue weighted by molar-refractivity contribution is -0.136. The second-order valence-corrected chi connectivity index (χ2v) is 5.26. The van der Waals surface area contributed by atoms with Gasteiger partial charge in [-0.1, -0.05) is 13.8 Å². The van der Waals surface area contributed by atoms with E-state index in [2.05, 4.69) is 18.7 Å². The first-order valence-electron chi connectivity index (χ1n) is 6.91. The minimum Gasteiger partial charge on any atom is -0.378 e. The van der Waals surface area contributed by atoms with E-state index in [0.29, 0.717) is 32.2 Å². The first-order chi connectivity index (χ1) is 8.63. The van der Waals surface area contributed by atoms with Gasteiger partial charge in [0.2, 0.25) is 5.91 Å². The van der Waals surface area contributed by atoms with Crippen LogP contribution in [0.1, 0.15) is 20.3 Å². The maximum atomic E-state index is 12.2. The zero-order chi connectivity index (χ0) is 13.4. The van der Waals surface area contributed by atoms with Crippen molar-refractivity contribution in [2.75, 3.05) is 52.5 Å². The molecule has 18 heavy (non-hydrogen) atoms. The van der Waals surface area contributed by atoms with Crippen LogP contribution in [0.5, 0.6) is 0 Å². The lowest BCUT2D eigenvalue weighted by atomic mass is 10.2. The van der Waals surface area contributed by atoms with Crippen LogP contribution in [-0.2, 0) is 9.53 Å². The lowest BCUT2D eigenvalue weighted by Gasteiger charge is -2.30. The van der Waals surface area contributed by atoms with Crippen molar-refractivity contribution in [1.82, 2.24) is 9.80 Å². The number of hydrogen-bond acceptors (Lipinski definition) is 4. The third-order valence-electron chi connectivity index (χ3n) is 3.02. The molecule has 1 rings (SSSR count). The number of morpholine rings is 1. The quantitative estimate of drug-likeness (QED) is 0.705. The molecule has 1 aliphatic rings. The summed E-state index contributed by atoms with van der Waals surface area (Å²) >= 11 is 0. The molecule has 0 aromatic heterocycles. The van der Waals surface area contributed by atoms with E-state index >= 15 is 0 Å². The Morgan fingerprint density at radius 3 is 2.61 bits per heavy atom. The number of nitrogens with zero attached hydrogens (tertiary/aromatic N) is 2. The Balaban J connectivity index is 2.39. The maximum Gasteiger partial charge on any atom is 0.236 e. The highest BCUT2D eigenvalue weighted by atomic mass is 16.5. The SMILES string of the molecule is CC(C)CN(CCCN)CC(=O)N1CCOCC1. The van der Waals surface area contributed by atoms with Crippen molar-refractivity contribution in [1.29, 1.82) is 0 Å². The standard InChI is InChI=1S/C13H27N3O2/c1-12(2)10-15(5-3-4-14)11-13(17)16-6-8-18-9-7-16/h12H,3-11,14H2,1-2H3. The zero-order valence-corrected chi connectivity index (χ0v) is 11.7. The summed E-state index contributed by atoms with van der Waals surface area (Å²) in [6.07, 6.45) is 0.948. The molecular weight excluding hydrogens is 230 g/mol.